The number of ether oxygens (including phenoxy) is 1. The van der Waals surface area contributed by atoms with Crippen LogP contribution in [0.5, 0.6) is 11.5 Å². The van der Waals surface area contributed by atoms with Crippen molar-refractivity contribution in [3.05, 3.63) is 75.0 Å². The van der Waals surface area contributed by atoms with Crippen molar-refractivity contribution in [1.29, 1.82) is 5.41 Å². The number of phenolic OH excluding ortho intramolecular Hbond substituents is 1. The first-order valence-corrected chi connectivity index (χ1v) is 10.2. The first kappa shape index (κ1) is 20.5. The van der Waals surface area contributed by atoms with Gasteiger partial charge in [-0.1, -0.05) is 24.3 Å². The third kappa shape index (κ3) is 3.42. The summed E-state index contributed by atoms with van der Waals surface area (Å²) < 4.78 is 8.25. The van der Waals surface area contributed by atoms with E-state index in [9.17, 15) is 14.7 Å². The molecule has 8 nitrogen and oxygen atoms in total. The second-order valence-electron chi connectivity index (χ2n) is 6.90. The van der Waals surface area contributed by atoms with Crippen LogP contribution in [0, 0.1) is 12.3 Å². The van der Waals surface area contributed by atoms with E-state index in [1.807, 2.05) is 18.2 Å². The van der Waals surface area contributed by atoms with Crippen molar-refractivity contribution in [3.63, 3.8) is 0 Å². The van der Waals surface area contributed by atoms with E-state index in [0.717, 1.165) is 16.7 Å². The molecular weight excluding hydrogens is 416 g/mol. The van der Waals surface area contributed by atoms with E-state index in [2.05, 4.69) is 0 Å². The van der Waals surface area contributed by atoms with Crippen molar-refractivity contribution in [2.75, 3.05) is 12.0 Å². The van der Waals surface area contributed by atoms with Gasteiger partial charge in [-0.2, -0.15) is 0 Å². The molecule has 9 heteroatoms. The van der Waals surface area contributed by atoms with Crippen molar-refractivity contribution in [3.8, 4) is 17.2 Å². The van der Waals surface area contributed by atoms with Crippen molar-refractivity contribution in [1.82, 2.24) is 9.36 Å². The first-order chi connectivity index (χ1) is 14.8. The van der Waals surface area contributed by atoms with Crippen LogP contribution in [0.1, 0.15) is 11.3 Å². The molecule has 1 saturated heterocycles. The molecule has 1 aliphatic heterocycles. The summed E-state index contributed by atoms with van der Waals surface area (Å²) in [6.07, 6.45) is 1.61. The summed E-state index contributed by atoms with van der Waals surface area (Å²) in [6, 6.07) is 13.8. The second kappa shape index (κ2) is 7.84. The number of para-hydroxylation sites is 1. The Bertz CT molecular complexity index is 1290. The van der Waals surface area contributed by atoms with Gasteiger partial charge in [0.15, 0.2) is 16.7 Å². The molecule has 0 radical (unpaired) electrons. The summed E-state index contributed by atoms with van der Waals surface area (Å²) in [7, 11) is 3.18. The molecule has 0 atom stereocenters. The summed E-state index contributed by atoms with van der Waals surface area (Å²) in [6.45, 7) is 1.74. The molecule has 1 amide bonds. The first-order valence-electron chi connectivity index (χ1n) is 9.37. The molecule has 0 aliphatic carbocycles. The van der Waals surface area contributed by atoms with Crippen LogP contribution in [0.2, 0.25) is 0 Å². The summed E-state index contributed by atoms with van der Waals surface area (Å²) in [5.41, 5.74) is 1.65. The van der Waals surface area contributed by atoms with E-state index in [-0.39, 0.29) is 27.9 Å². The summed E-state index contributed by atoms with van der Waals surface area (Å²) >= 11 is 0.977. The predicted octanol–water partition coefficient (Wildman–Crippen LogP) is 3.25. The molecule has 4 rings (SSSR count). The van der Waals surface area contributed by atoms with Crippen LogP contribution in [-0.4, -0.2) is 32.7 Å². The second-order valence-corrected chi connectivity index (χ2v) is 7.93. The van der Waals surface area contributed by atoms with Gasteiger partial charge in [-0.15, -0.1) is 0 Å². The highest BCUT2D eigenvalue weighted by atomic mass is 32.2. The SMILES string of the molecule is COc1cc(/C=C2\SC(=N)N(c3c(C)n(C)n(-c4ccccc4)c3=O)C2=O)ccc1O. The minimum Gasteiger partial charge on any atom is -0.504 e. The number of hydrogen-bond acceptors (Lipinski definition) is 6. The lowest BCUT2D eigenvalue weighted by Crippen LogP contribution is -2.33. The Kier molecular flexibility index (Phi) is 5.20. The lowest BCUT2D eigenvalue weighted by atomic mass is 10.2. The van der Waals surface area contributed by atoms with Crippen LogP contribution in [0.4, 0.5) is 5.69 Å². The molecule has 1 aliphatic rings. The van der Waals surface area contributed by atoms with Gasteiger partial charge >= 0.3 is 0 Å². The number of rotatable bonds is 4. The third-order valence-electron chi connectivity index (χ3n) is 5.07. The molecule has 1 fully saturated rings. The number of carbonyl (C=O) groups is 1. The van der Waals surface area contributed by atoms with Crippen molar-refractivity contribution >= 4 is 34.6 Å². The van der Waals surface area contributed by atoms with Gasteiger partial charge in [0.05, 0.1) is 23.4 Å². The molecule has 158 valence electrons. The standard InChI is InChI=1S/C22H20N4O4S/c1-13-19(21(29)26(24(13)2)15-7-5-4-6-8-15)25-20(28)18(31-22(25)23)12-14-9-10-16(27)17(11-14)30-3/h4-12,23,27H,1-3H3/b18-12-,23-22?. The number of nitrogens with one attached hydrogen (secondary N) is 1. The van der Waals surface area contributed by atoms with Gasteiger partial charge < -0.3 is 9.84 Å². The zero-order chi connectivity index (χ0) is 22.3. The van der Waals surface area contributed by atoms with Gasteiger partial charge in [-0.25, -0.2) is 9.58 Å². The number of aromatic nitrogens is 2. The number of benzene rings is 2. The average molecular weight is 436 g/mol. The van der Waals surface area contributed by atoms with Crippen molar-refractivity contribution in [2.24, 2.45) is 7.05 Å². The van der Waals surface area contributed by atoms with E-state index < -0.39 is 5.91 Å². The van der Waals surface area contributed by atoms with Crippen LogP contribution < -0.4 is 15.2 Å². The Morgan fingerprint density at radius 1 is 1.13 bits per heavy atom. The Labute approximate surface area is 182 Å². The normalized spacial score (nSPS) is 15.2. The van der Waals surface area contributed by atoms with Gasteiger partial charge in [0.2, 0.25) is 0 Å². The number of hydrogen-bond donors (Lipinski definition) is 2. The van der Waals surface area contributed by atoms with Gasteiger partial charge in [0.1, 0.15) is 5.69 Å². The maximum atomic E-state index is 13.3. The maximum Gasteiger partial charge on any atom is 0.296 e. The monoisotopic (exact) mass is 436 g/mol. The number of carbonyl (C=O) groups excluding carboxylic acids is 1. The summed E-state index contributed by atoms with van der Waals surface area (Å²) in [4.78, 5) is 27.9. The number of phenols is 1. The van der Waals surface area contributed by atoms with E-state index in [1.54, 1.807) is 49.0 Å². The lowest BCUT2D eigenvalue weighted by Gasteiger charge is -2.12. The fraction of sp³-hybridized carbons (Fsp3) is 0.136. The maximum absolute atomic E-state index is 13.3. The minimum absolute atomic E-state index is 0.00852. The van der Waals surface area contributed by atoms with E-state index in [0.29, 0.717) is 21.8 Å². The molecule has 0 bridgehead atoms. The predicted molar refractivity (Wildman–Crippen MR) is 121 cm³/mol. The largest absolute Gasteiger partial charge is 0.504 e. The van der Waals surface area contributed by atoms with Gasteiger partial charge in [-0.3, -0.25) is 19.7 Å². The van der Waals surface area contributed by atoms with Crippen LogP contribution in [0.25, 0.3) is 11.8 Å². The zero-order valence-electron chi connectivity index (χ0n) is 17.1. The summed E-state index contributed by atoms with van der Waals surface area (Å²) in [5, 5.41) is 18.1. The summed E-state index contributed by atoms with van der Waals surface area (Å²) in [5.74, 6) is -0.180. The Morgan fingerprint density at radius 2 is 1.84 bits per heavy atom. The number of nitrogens with zero attached hydrogens (tertiary/aromatic N) is 3. The van der Waals surface area contributed by atoms with Crippen LogP contribution >= 0.6 is 11.8 Å². The van der Waals surface area contributed by atoms with Gasteiger partial charge in [0.25, 0.3) is 11.5 Å². The molecule has 1 aromatic heterocycles. The van der Waals surface area contributed by atoms with Crippen LogP contribution in [0.3, 0.4) is 0 Å². The molecule has 0 saturated carbocycles. The highest BCUT2D eigenvalue weighted by Crippen LogP contribution is 2.36. The topological polar surface area (TPSA) is 101 Å². The van der Waals surface area contributed by atoms with Crippen molar-refractivity contribution < 1.29 is 14.6 Å². The molecular formula is C22H20N4O4S. The molecule has 31 heavy (non-hydrogen) atoms. The van der Waals surface area contributed by atoms with Crippen LogP contribution in [0.15, 0.2) is 58.2 Å². The number of amidine groups is 1. The molecule has 3 aromatic rings. The average Bonchev–Trinajstić information content (AvgIpc) is 3.15. The fourth-order valence-corrected chi connectivity index (χ4v) is 4.28. The third-order valence-corrected chi connectivity index (χ3v) is 5.96. The highest BCUT2D eigenvalue weighted by molar-refractivity contribution is 8.19. The fourth-order valence-electron chi connectivity index (χ4n) is 3.44. The number of thioether (sulfide) groups is 1. The van der Waals surface area contributed by atoms with E-state index >= 15 is 0 Å². The van der Waals surface area contributed by atoms with Crippen molar-refractivity contribution in [2.45, 2.75) is 6.92 Å². The molecule has 2 heterocycles. The number of aromatic hydroxyl groups is 1. The number of methoxy groups -OCH3 is 1. The zero-order valence-corrected chi connectivity index (χ0v) is 17.9. The molecule has 2 aromatic carbocycles. The lowest BCUT2D eigenvalue weighted by molar-refractivity contribution is -0.113. The Balaban J connectivity index is 1.76. The van der Waals surface area contributed by atoms with E-state index in [1.165, 1.54) is 17.9 Å². The smallest absolute Gasteiger partial charge is 0.296 e. The minimum atomic E-state index is -0.451. The number of anilines is 1. The molecule has 0 spiro atoms. The van der Waals surface area contributed by atoms with E-state index in [4.69, 9.17) is 10.1 Å². The molecule has 2 N–H and O–H groups in total. The van der Waals surface area contributed by atoms with Gasteiger partial charge in [-0.05, 0) is 54.6 Å². The van der Waals surface area contributed by atoms with Crippen LogP contribution in [-0.2, 0) is 11.8 Å². The Morgan fingerprint density at radius 3 is 2.52 bits per heavy atom. The molecule has 0 unspecified atom stereocenters. The van der Waals surface area contributed by atoms with Gasteiger partial charge in [0, 0.05) is 7.05 Å². The quantitative estimate of drug-likeness (QED) is 0.612. The highest BCUT2D eigenvalue weighted by Gasteiger charge is 2.38. The number of amides is 1. The Hall–Kier alpha value is -3.72.